The molecule has 3 heteroatoms. The third kappa shape index (κ3) is 4.80. The van der Waals surface area contributed by atoms with E-state index in [9.17, 15) is 0 Å². The second-order valence-corrected chi connectivity index (χ2v) is 6.46. The maximum absolute atomic E-state index is 5.86. The molecular formula is C17H30N2O. The largest absolute Gasteiger partial charge is 0.493 e. The summed E-state index contributed by atoms with van der Waals surface area (Å²) >= 11 is 0. The Labute approximate surface area is 123 Å². The van der Waals surface area contributed by atoms with E-state index < -0.39 is 0 Å². The van der Waals surface area contributed by atoms with Gasteiger partial charge in [-0.05, 0) is 54.5 Å². The van der Waals surface area contributed by atoms with E-state index in [0.717, 1.165) is 25.2 Å². The molecule has 0 aliphatic rings. The highest BCUT2D eigenvalue weighted by molar-refractivity contribution is 5.40. The Bertz CT molecular complexity index is 406. The normalized spacial score (nSPS) is 11.9. The molecule has 0 bridgehead atoms. The van der Waals surface area contributed by atoms with Gasteiger partial charge in [0, 0.05) is 0 Å². The van der Waals surface area contributed by atoms with Crippen LogP contribution in [0.15, 0.2) is 18.2 Å². The van der Waals surface area contributed by atoms with Gasteiger partial charge in [0.05, 0.1) is 6.61 Å². The van der Waals surface area contributed by atoms with Gasteiger partial charge < -0.3 is 16.2 Å². The van der Waals surface area contributed by atoms with Gasteiger partial charge in [-0.2, -0.15) is 0 Å². The predicted molar refractivity (Wildman–Crippen MR) is 86.2 cm³/mol. The van der Waals surface area contributed by atoms with E-state index in [1.165, 1.54) is 11.1 Å². The monoisotopic (exact) mass is 278 g/mol. The summed E-state index contributed by atoms with van der Waals surface area (Å²) in [4.78, 5) is 0. The summed E-state index contributed by atoms with van der Waals surface area (Å²) in [5.41, 5.74) is 14.3. The quantitative estimate of drug-likeness (QED) is 0.806. The van der Waals surface area contributed by atoms with Crippen molar-refractivity contribution in [3.63, 3.8) is 0 Å². The van der Waals surface area contributed by atoms with E-state index in [4.69, 9.17) is 16.2 Å². The van der Waals surface area contributed by atoms with Gasteiger partial charge in [0.1, 0.15) is 5.75 Å². The lowest BCUT2D eigenvalue weighted by molar-refractivity contribution is 0.312. The summed E-state index contributed by atoms with van der Waals surface area (Å²) in [5.74, 6) is 1.29. The highest BCUT2D eigenvalue weighted by atomic mass is 16.5. The van der Waals surface area contributed by atoms with Gasteiger partial charge in [0.25, 0.3) is 0 Å². The van der Waals surface area contributed by atoms with Crippen LogP contribution >= 0.6 is 0 Å². The van der Waals surface area contributed by atoms with E-state index >= 15 is 0 Å². The fourth-order valence-corrected chi connectivity index (χ4v) is 2.13. The Hall–Kier alpha value is -1.06. The molecule has 4 N–H and O–H groups in total. The van der Waals surface area contributed by atoms with Crippen LogP contribution in [0.4, 0.5) is 0 Å². The molecule has 0 spiro atoms. The molecule has 1 aromatic rings. The Balaban J connectivity index is 3.05. The van der Waals surface area contributed by atoms with E-state index in [1.54, 1.807) is 0 Å². The zero-order chi connectivity index (χ0) is 15.2. The van der Waals surface area contributed by atoms with Crippen molar-refractivity contribution >= 4 is 0 Å². The molecule has 1 aromatic carbocycles. The smallest absolute Gasteiger partial charge is 0.122 e. The summed E-state index contributed by atoms with van der Waals surface area (Å²) in [6.07, 6.45) is 1.90. The maximum Gasteiger partial charge on any atom is 0.122 e. The molecule has 0 aliphatic carbocycles. The Kier molecular flexibility index (Phi) is 6.50. The molecule has 0 amide bonds. The molecule has 0 aliphatic heterocycles. The Morgan fingerprint density at radius 1 is 1.15 bits per heavy atom. The van der Waals surface area contributed by atoms with Crippen molar-refractivity contribution in [2.24, 2.45) is 17.4 Å². The van der Waals surface area contributed by atoms with Gasteiger partial charge in [-0.25, -0.2) is 0 Å². The van der Waals surface area contributed by atoms with Crippen LogP contribution in [0.1, 0.15) is 45.2 Å². The Morgan fingerprint density at radius 3 is 2.30 bits per heavy atom. The molecule has 0 atom stereocenters. The second kappa shape index (κ2) is 7.65. The zero-order valence-corrected chi connectivity index (χ0v) is 13.4. The van der Waals surface area contributed by atoms with Crippen LogP contribution in [0.2, 0.25) is 0 Å². The van der Waals surface area contributed by atoms with Gasteiger partial charge in [0.2, 0.25) is 0 Å². The van der Waals surface area contributed by atoms with Crippen LogP contribution in [-0.2, 0) is 11.8 Å². The summed E-state index contributed by atoms with van der Waals surface area (Å²) in [6.45, 7) is 10.8. The molecule has 20 heavy (non-hydrogen) atoms. The van der Waals surface area contributed by atoms with Crippen molar-refractivity contribution in [2.45, 2.75) is 46.0 Å². The van der Waals surface area contributed by atoms with Crippen molar-refractivity contribution < 1.29 is 4.74 Å². The van der Waals surface area contributed by atoms with Gasteiger partial charge in [-0.15, -0.1) is 0 Å². The number of nitrogens with two attached hydrogens (primary N) is 2. The number of ether oxygens (including phenoxy) is 1. The van der Waals surface area contributed by atoms with Crippen molar-refractivity contribution in [1.82, 2.24) is 0 Å². The average Bonchev–Trinajstić information content (AvgIpc) is 2.41. The topological polar surface area (TPSA) is 61.3 Å². The van der Waals surface area contributed by atoms with Gasteiger partial charge in [-0.3, -0.25) is 0 Å². The van der Waals surface area contributed by atoms with E-state index in [0.29, 0.717) is 19.0 Å². The molecule has 114 valence electrons. The van der Waals surface area contributed by atoms with E-state index in [1.807, 2.05) is 0 Å². The first-order chi connectivity index (χ1) is 9.42. The maximum atomic E-state index is 5.86. The van der Waals surface area contributed by atoms with E-state index in [-0.39, 0.29) is 5.41 Å². The first kappa shape index (κ1) is 17.0. The number of hydrogen-bond donors (Lipinski definition) is 2. The van der Waals surface area contributed by atoms with E-state index in [2.05, 4.69) is 45.9 Å². The molecule has 0 saturated carbocycles. The number of benzene rings is 1. The van der Waals surface area contributed by atoms with Gasteiger partial charge in [-0.1, -0.05) is 39.8 Å². The summed E-state index contributed by atoms with van der Waals surface area (Å²) in [5, 5.41) is 0. The molecule has 0 radical (unpaired) electrons. The molecule has 1 rings (SSSR count). The minimum absolute atomic E-state index is 0.138. The highest BCUT2D eigenvalue weighted by Crippen LogP contribution is 2.29. The van der Waals surface area contributed by atoms with Crippen molar-refractivity contribution in [2.75, 3.05) is 19.7 Å². The van der Waals surface area contributed by atoms with Crippen LogP contribution in [0.3, 0.4) is 0 Å². The van der Waals surface area contributed by atoms with Gasteiger partial charge in [0.15, 0.2) is 0 Å². The first-order valence-corrected chi connectivity index (χ1v) is 7.58. The molecule has 3 nitrogen and oxygen atoms in total. The molecule has 0 saturated heterocycles. The minimum atomic E-state index is 0.138. The fourth-order valence-electron chi connectivity index (χ4n) is 2.13. The van der Waals surface area contributed by atoms with Crippen LogP contribution in [-0.4, -0.2) is 19.7 Å². The third-order valence-corrected chi connectivity index (χ3v) is 3.56. The molecule has 0 fully saturated rings. The molecule has 0 heterocycles. The average molecular weight is 278 g/mol. The van der Waals surface area contributed by atoms with Crippen LogP contribution in [0.25, 0.3) is 0 Å². The summed E-state index contributed by atoms with van der Waals surface area (Å²) in [6, 6.07) is 6.51. The van der Waals surface area contributed by atoms with Crippen molar-refractivity contribution in [1.29, 1.82) is 0 Å². The standard InChI is InChI=1S/C17H30N2O/c1-5-8-20-16-7-6-15(17(2,3)4)10-14(16)9-13(11-18)12-19/h6-7,10,13H,5,8-9,11-12,18-19H2,1-4H3. The fraction of sp³-hybridized carbons (Fsp3) is 0.647. The van der Waals surface area contributed by atoms with Crippen molar-refractivity contribution in [3.05, 3.63) is 29.3 Å². The molecular weight excluding hydrogens is 248 g/mol. The highest BCUT2D eigenvalue weighted by Gasteiger charge is 2.17. The lowest BCUT2D eigenvalue weighted by Gasteiger charge is -2.23. The number of hydrogen-bond acceptors (Lipinski definition) is 3. The second-order valence-electron chi connectivity index (χ2n) is 6.46. The minimum Gasteiger partial charge on any atom is -0.493 e. The van der Waals surface area contributed by atoms with Crippen LogP contribution < -0.4 is 16.2 Å². The molecule has 0 aromatic heterocycles. The summed E-state index contributed by atoms with van der Waals surface area (Å²) in [7, 11) is 0. The summed E-state index contributed by atoms with van der Waals surface area (Å²) < 4.78 is 5.86. The van der Waals surface area contributed by atoms with Gasteiger partial charge >= 0.3 is 0 Å². The van der Waals surface area contributed by atoms with Crippen molar-refractivity contribution in [3.8, 4) is 5.75 Å². The molecule has 0 unspecified atom stereocenters. The SMILES string of the molecule is CCCOc1ccc(C(C)(C)C)cc1CC(CN)CN. The van der Waals surface area contributed by atoms with Crippen LogP contribution in [0.5, 0.6) is 5.75 Å². The lowest BCUT2D eigenvalue weighted by Crippen LogP contribution is -2.25. The predicted octanol–water partition coefficient (Wildman–Crippen LogP) is 2.85. The zero-order valence-electron chi connectivity index (χ0n) is 13.4. The lowest BCUT2D eigenvalue weighted by atomic mass is 9.85. The van der Waals surface area contributed by atoms with Crippen LogP contribution in [0, 0.1) is 5.92 Å². The number of rotatable bonds is 7. The Morgan fingerprint density at radius 2 is 1.80 bits per heavy atom. The third-order valence-electron chi connectivity index (χ3n) is 3.56. The first-order valence-electron chi connectivity index (χ1n) is 7.58.